The molecule has 0 spiro atoms. The van der Waals surface area contributed by atoms with E-state index in [0.717, 1.165) is 18.1 Å². The summed E-state index contributed by atoms with van der Waals surface area (Å²) in [5, 5.41) is 3.94. The summed E-state index contributed by atoms with van der Waals surface area (Å²) in [6, 6.07) is 0.129. The third-order valence-corrected chi connectivity index (χ3v) is 2.84. The van der Waals surface area contributed by atoms with Gasteiger partial charge in [0.15, 0.2) is 5.82 Å². The third kappa shape index (κ3) is 3.30. The average molecular weight is 211 g/mol. The lowest BCUT2D eigenvalue weighted by molar-refractivity contribution is 0.328. The van der Waals surface area contributed by atoms with Crippen LogP contribution >= 0.6 is 0 Å². The largest absolute Gasteiger partial charge is 0.339 e. The van der Waals surface area contributed by atoms with Gasteiger partial charge >= 0.3 is 0 Å². The van der Waals surface area contributed by atoms with Crippen LogP contribution in [0.1, 0.15) is 51.7 Å². The maximum absolute atomic E-state index is 5.83. The summed E-state index contributed by atoms with van der Waals surface area (Å²) in [7, 11) is 0. The van der Waals surface area contributed by atoms with Crippen molar-refractivity contribution in [2.45, 2.75) is 52.5 Å². The second-order valence-electron chi connectivity index (χ2n) is 4.45. The SMILES string of the molecule is CCC(N)Cc1noc(C(C)C(C)C)n1. The molecular formula is C11H21N3O. The van der Waals surface area contributed by atoms with Gasteiger partial charge in [0.25, 0.3) is 0 Å². The van der Waals surface area contributed by atoms with Gasteiger partial charge in [-0.1, -0.05) is 32.9 Å². The van der Waals surface area contributed by atoms with Gasteiger partial charge < -0.3 is 10.3 Å². The van der Waals surface area contributed by atoms with Gasteiger partial charge in [0.1, 0.15) is 0 Å². The molecule has 2 N–H and O–H groups in total. The van der Waals surface area contributed by atoms with E-state index in [2.05, 4.69) is 37.8 Å². The molecule has 1 aromatic rings. The minimum absolute atomic E-state index is 0.129. The predicted octanol–water partition coefficient (Wildman–Crippen LogP) is 2.11. The van der Waals surface area contributed by atoms with Crippen molar-refractivity contribution < 1.29 is 4.52 Å². The summed E-state index contributed by atoms with van der Waals surface area (Å²) >= 11 is 0. The van der Waals surface area contributed by atoms with Crippen LogP contribution in [0.4, 0.5) is 0 Å². The normalized spacial score (nSPS) is 15.6. The molecule has 0 bridgehead atoms. The first kappa shape index (κ1) is 12.2. The topological polar surface area (TPSA) is 64.9 Å². The van der Waals surface area contributed by atoms with E-state index >= 15 is 0 Å². The lowest BCUT2D eigenvalue weighted by Crippen LogP contribution is -2.22. The van der Waals surface area contributed by atoms with Crippen LogP contribution in [-0.2, 0) is 6.42 Å². The van der Waals surface area contributed by atoms with Crippen LogP contribution in [0.5, 0.6) is 0 Å². The molecule has 4 nitrogen and oxygen atoms in total. The zero-order chi connectivity index (χ0) is 11.4. The number of rotatable bonds is 5. The predicted molar refractivity (Wildman–Crippen MR) is 59.5 cm³/mol. The highest BCUT2D eigenvalue weighted by Crippen LogP contribution is 2.21. The van der Waals surface area contributed by atoms with Crippen molar-refractivity contribution in [3.63, 3.8) is 0 Å². The molecule has 0 aromatic carbocycles. The van der Waals surface area contributed by atoms with Crippen molar-refractivity contribution in [2.24, 2.45) is 11.7 Å². The summed E-state index contributed by atoms with van der Waals surface area (Å²) in [5.41, 5.74) is 5.83. The minimum atomic E-state index is 0.129. The van der Waals surface area contributed by atoms with Crippen molar-refractivity contribution in [3.8, 4) is 0 Å². The van der Waals surface area contributed by atoms with Gasteiger partial charge in [0, 0.05) is 18.4 Å². The Morgan fingerprint density at radius 2 is 2.00 bits per heavy atom. The van der Waals surface area contributed by atoms with Crippen molar-refractivity contribution in [2.75, 3.05) is 0 Å². The molecule has 0 saturated carbocycles. The van der Waals surface area contributed by atoms with Gasteiger partial charge in [-0.25, -0.2) is 0 Å². The Morgan fingerprint density at radius 3 is 2.53 bits per heavy atom. The Morgan fingerprint density at radius 1 is 1.33 bits per heavy atom. The van der Waals surface area contributed by atoms with Crippen molar-refractivity contribution in [1.29, 1.82) is 0 Å². The standard InChI is InChI=1S/C11H21N3O/c1-5-9(12)6-10-13-11(15-14-10)8(4)7(2)3/h7-9H,5-6,12H2,1-4H3. The summed E-state index contributed by atoms with van der Waals surface area (Å²) in [4.78, 5) is 4.36. The van der Waals surface area contributed by atoms with Gasteiger partial charge in [0.2, 0.25) is 5.89 Å². The van der Waals surface area contributed by atoms with Crippen LogP contribution in [0.25, 0.3) is 0 Å². The zero-order valence-corrected chi connectivity index (χ0v) is 10.0. The van der Waals surface area contributed by atoms with Crippen LogP contribution in [0, 0.1) is 5.92 Å². The fourth-order valence-electron chi connectivity index (χ4n) is 1.20. The molecule has 0 saturated heterocycles. The first-order valence-electron chi connectivity index (χ1n) is 5.62. The lowest BCUT2D eigenvalue weighted by Gasteiger charge is -2.09. The average Bonchev–Trinajstić information content (AvgIpc) is 2.64. The Bertz CT molecular complexity index is 296. The van der Waals surface area contributed by atoms with Crippen molar-refractivity contribution >= 4 is 0 Å². The molecule has 86 valence electrons. The van der Waals surface area contributed by atoms with Crippen LogP contribution in [-0.4, -0.2) is 16.2 Å². The summed E-state index contributed by atoms with van der Waals surface area (Å²) in [6.45, 7) is 8.45. The smallest absolute Gasteiger partial charge is 0.229 e. The Hall–Kier alpha value is -0.900. The van der Waals surface area contributed by atoms with E-state index in [-0.39, 0.29) is 6.04 Å². The van der Waals surface area contributed by atoms with Gasteiger partial charge in [-0.15, -0.1) is 0 Å². The fourth-order valence-corrected chi connectivity index (χ4v) is 1.20. The molecule has 0 aliphatic heterocycles. The van der Waals surface area contributed by atoms with Crippen molar-refractivity contribution in [1.82, 2.24) is 10.1 Å². The fraction of sp³-hybridized carbons (Fsp3) is 0.818. The lowest BCUT2D eigenvalue weighted by atomic mass is 9.98. The summed E-state index contributed by atoms with van der Waals surface area (Å²) in [5.74, 6) is 2.28. The number of aromatic nitrogens is 2. The van der Waals surface area contributed by atoms with Gasteiger partial charge in [-0.3, -0.25) is 0 Å². The molecule has 2 unspecified atom stereocenters. The summed E-state index contributed by atoms with van der Waals surface area (Å²) < 4.78 is 5.22. The number of hydrogen-bond donors (Lipinski definition) is 1. The third-order valence-electron chi connectivity index (χ3n) is 2.84. The van der Waals surface area contributed by atoms with E-state index in [1.165, 1.54) is 0 Å². The highest BCUT2D eigenvalue weighted by atomic mass is 16.5. The van der Waals surface area contributed by atoms with Crippen LogP contribution in [0.15, 0.2) is 4.52 Å². The van der Waals surface area contributed by atoms with Gasteiger partial charge in [-0.2, -0.15) is 4.98 Å². The molecule has 0 amide bonds. The van der Waals surface area contributed by atoms with E-state index in [9.17, 15) is 0 Å². The molecule has 0 aliphatic rings. The second kappa shape index (κ2) is 5.26. The molecule has 2 atom stereocenters. The Kier molecular flexibility index (Phi) is 4.27. The maximum Gasteiger partial charge on any atom is 0.229 e. The molecule has 1 rings (SSSR count). The van der Waals surface area contributed by atoms with Gasteiger partial charge in [-0.05, 0) is 12.3 Å². The quantitative estimate of drug-likeness (QED) is 0.810. The first-order valence-corrected chi connectivity index (χ1v) is 5.62. The van der Waals surface area contributed by atoms with Crippen LogP contribution in [0.2, 0.25) is 0 Å². The number of nitrogens with two attached hydrogens (primary N) is 1. The molecule has 0 fully saturated rings. The second-order valence-corrected chi connectivity index (χ2v) is 4.45. The van der Waals surface area contributed by atoms with E-state index in [1.807, 2.05) is 0 Å². The van der Waals surface area contributed by atoms with Gasteiger partial charge in [0.05, 0.1) is 0 Å². The van der Waals surface area contributed by atoms with Crippen molar-refractivity contribution in [3.05, 3.63) is 11.7 Å². The molecule has 1 aromatic heterocycles. The molecule has 0 aliphatic carbocycles. The highest BCUT2D eigenvalue weighted by Gasteiger charge is 2.18. The molecule has 1 heterocycles. The number of hydrogen-bond acceptors (Lipinski definition) is 4. The molecule has 4 heteroatoms. The molecule has 0 radical (unpaired) electrons. The minimum Gasteiger partial charge on any atom is -0.339 e. The maximum atomic E-state index is 5.83. The molecular weight excluding hydrogens is 190 g/mol. The highest BCUT2D eigenvalue weighted by molar-refractivity contribution is 4.95. The van der Waals surface area contributed by atoms with E-state index in [4.69, 9.17) is 10.3 Å². The zero-order valence-electron chi connectivity index (χ0n) is 10.0. The van der Waals surface area contributed by atoms with Crippen LogP contribution in [0.3, 0.4) is 0 Å². The number of nitrogens with zero attached hydrogens (tertiary/aromatic N) is 2. The molecule has 15 heavy (non-hydrogen) atoms. The first-order chi connectivity index (χ1) is 7.04. The monoisotopic (exact) mass is 211 g/mol. The summed E-state index contributed by atoms with van der Waals surface area (Å²) in [6.07, 6.45) is 1.63. The van der Waals surface area contributed by atoms with E-state index in [0.29, 0.717) is 18.3 Å². The van der Waals surface area contributed by atoms with E-state index in [1.54, 1.807) is 0 Å². The van der Waals surface area contributed by atoms with E-state index < -0.39 is 0 Å². The van der Waals surface area contributed by atoms with Crippen LogP contribution < -0.4 is 5.73 Å². The Labute approximate surface area is 91.2 Å². The Balaban J connectivity index is 2.63.